The topological polar surface area (TPSA) is 94.8 Å². The smallest absolute Gasteiger partial charge is 0.317 e. The van der Waals surface area contributed by atoms with E-state index < -0.39 is 17.2 Å². The lowest BCUT2D eigenvalue weighted by atomic mass is 10.2. The summed E-state index contributed by atoms with van der Waals surface area (Å²) < 4.78 is 0.943. The number of aromatic nitrogens is 2. The van der Waals surface area contributed by atoms with Crippen LogP contribution in [0, 0.1) is 0 Å². The molecule has 0 radical (unpaired) electrons. The number of H-pyrrole nitrogens is 2. The van der Waals surface area contributed by atoms with E-state index >= 15 is 0 Å². The summed E-state index contributed by atoms with van der Waals surface area (Å²) >= 11 is 3.31. The highest BCUT2D eigenvalue weighted by Gasteiger charge is 2.02. The van der Waals surface area contributed by atoms with E-state index in [1.54, 1.807) is 6.08 Å². The van der Waals surface area contributed by atoms with Crippen molar-refractivity contribution in [1.29, 1.82) is 0 Å². The molecule has 1 aromatic carbocycles. The quantitative estimate of drug-likeness (QED) is 0.741. The predicted molar refractivity (Wildman–Crippen MR) is 79.5 cm³/mol. The van der Waals surface area contributed by atoms with Crippen LogP contribution < -0.4 is 16.6 Å². The van der Waals surface area contributed by atoms with Gasteiger partial charge in [-0.25, -0.2) is 4.79 Å². The number of rotatable bonds is 3. The molecule has 1 amide bonds. The van der Waals surface area contributed by atoms with E-state index in [9.17, 15) is 14.4 Å². The summed E-state index contributed by atoms with van der Waals surface area (Å²) in [4.78, 5) is 38.1. The molecule has 0 aliphatic heterocycles. The number of hydrogen-bond acceptors (Lipinski definition) is 3. The van der Waals surface area contributed by atoms with Crippen molar-refractivity contribution in [2.24, 2.45) is 0 Å². The molecule has 0 saturated carbocycles. The van der Waals surface area contributed by atoms with Crippen LogP contribution in [-0.4, -0.2) is 15.9 Å². The Labute approximate surface area is 121 Å². The second-order valence-electron chi connectivity index (χ2n) is 3.86. The molecule has 0 unspecified atom stereocenters. The van der Waals surface area contributed by atoms with Crippen molar-refractivity contribution >= 4 is 33.6 Å². The van der Waals surface area contributed by atoms with Crippen molar-refractivity contribution in [3.63, 3.8) is 0 Å². The predicted octanol–water partition coefficient (Wildman–Crippen LogP) is 1.48. The number of anilines is 1. The summed E-state index contributed by atoms with van der Waals surface area (Å²) in [5.41, 5.74) is -0.452. The number of carbonyl (C=O) groups excluding carboxylic acids is 1. The molecule has 0 bridgehead atoms. The van der Waals surface area contributed by atoms with Crippen molar-refractivity contribution in [1.82, 2.24) is 9.97 Å². The van der Waals surface area contributed by atoms with E-state index in [-0.39, 0.29) is 5.69 Å². The van der Waals surface area contributed by atoms with Gasteiger partial charge in [-0.05, 0) is 23.8 Å². The minimum absolute atomic E-state index is 0.0185. The minimum atomic E-state index is -0.654. The van der Waals surface area contributed by atoms with Crippen molar-refractivity contribution in [3.05, 3.63) is 67.4 Å². The van der Waals surface area contributed by atoms with Crippen molar-refractivity contribution in [2.75, 3.05) is 5.32 Å². The fourth-order valence-electron chi connectivity index (χ4n) is 1.42. The third kappa shape index (κ3) is 3.79. The maximum Gasteiger partial charge on any atom is 0.325 e. The first kappa shape index (κ1) is 14.0. The van der Waals surface area contributed by atoms with Crippen LogP contribution in [0.3, 0.4) is 0 Å². The van der Waals surface area contributed by atoms with Gasteiger partial charge in [0, 0.05) is 16.7 Å². The van der Waals surface area contributed by atoms with Gasteiger partial charge in [0.15, 0.2) is 0 Å². The number of benzene rings is 1. The molecule has 2 rings (SSSR count). The van der Waals surface area contributed by atoms with E-state index in [1.165, 1.54) is 6.08 Å². The normalized spacial score (nSPS) is 10.7. The summed E-state index contributed by atoms with van der Waals surface area (Å²) in [5, 5.41) is 2.37. The first-order valence-electron chi connectivity index (χ1n) is 5.61. The fraction of sp³-hybridized carbons (Fsp3) is 0. The third-order valence-electron chi connectivity index (χ3n) is 2.37. The van der Waals surface area contributed by atoms with Gasteiger partial charge >= 0.3 is 5.69 Å². The van der Waals surface area contributed by atoms with Gasteiger partial charge in [0.05, 0.1) is 0 Å². The maximum atomic E-state index is 11.6. The molecule has 20 heavy (non-hydrogen) atoms. The van der Waals surface area contributed by atoms with Gasteiger partial charge < -0.3 is 10.3 Å². The number of carbonyl (C=O) groups is 1. The number of halogens is 1. The molecule has 1 aromatic heterocycles. The Balaban J connectivity index is 2.07. The lowest BCUT2D eigenvalue weighted by Gasteiger charge is -1.99. The highest BCUT2D eigenvalue weighted by atomic mass is 79.9. The van der Waals surface area contributed by atoms with Gasteiger partial charge in [-0.2, -0.15) is 0 Å². The molecule has 2 aromatic rings. The van der Waals surface area contributed by atoms with Crippen LogP contribution in [0.15, 0.2) is 50.6 Å². The molecule has 0 spiro atoms. The molecule has 102 valence electrons. The van der Waals surface area contributed by atoms with E-state index in [4.69, 9.17) is 0 Å². The van der Waals surface area contributed by atoms with E-state index in [0.717, 1.165) is 16.2 Å². The van der Waals surface area contributed by atoms with Crippen LogP contribution in [0.4, 0.5) is 5.69 Å². The molecule has 0 aliphatic carbocycles. The average molecular weight is 336 g/mol. The molecule has 3 N–H and O–H groups in total. The SMILES string of the molecule is O=C(/C=C/c1ccc(Br)cc1)Nc1c[nH]c(=O)[nH]c1=O. The first-order valence-corrected chi connectivity index (χ1v) is 6.40. The standard InChI is InChI=1S/C13H10BrN3O3/c14-9-4-1-8(2-5-9)3-6-11(18)16-10-7-15-13(20)17-12(10)19/h1-7H,(H,16,18)(H2,15,17,19,20)/b6-3+. The Morgan fingerprint density at radius 1 is 1.20 bits per heavy atom. The number of hydrogen-bond donors (Lipinski definition) is 3. The highest BCUT2D eigenvalue weighted by molar-refractivity contribution is 9.10. The molecule has 0 saturated heterocycles. The lowest BCUT2D eigenvalue weighted by molar-refractivity contribution is -0.111. The van der Waals surface area contributed by atoms with E-state index in [1.807, 2.05) is 29.2 Å². The van der Waals surface area contributed by atoms with Crippen molar-refractivity contribution in [3.8, 4) is 0 Å². The van der Waals surface area contributed by atoms with Gasteiger partial charge in [-0.3, -0.25) is 14.6 Å². The second-order valence-corrected chi connectivity index (χ2v) is 4.78. The van der Waals surface area contributed by atoms with Crippen LogP contribution in [0.2, 0.25) is 0 Å². The average Bonchev–Trinajstić information content (AvgIpc) is 2.41. The maximum absolute atomic E-state index is 11.6. The lowest BCUT2D eigenvalue weighted by Crippen LogP contribution is -2.25. The fourth-order valence-corrected chi connectivity index (χ4v) is 1.69. The Morgan fingerprint density at radius 3 is 2.55 bits per heavy atom. The summed E-state index contributed by atoms with van der Waals surface area (Å²) in [7, 11) is 0. The largest absolute Gasteiger partial charge is 0.325 e. The Bertz CT molecular complexity index is 759. The first-order chi connectivity index (χ1) is 9.54. The van der Waals surface area contributed by atoms with Crippen LogP contribution in [0.1, 0.15) is 5.56 Å². The zero-order valence-corrected chi connectivity index (χ0v) is 11.7. The molecule has 6 nitrogen and oxygen atoms in total. The second kappa shape index (κ2) is 6.16. The van der Waals surface area contributed by atoms with Gasteiger partial charge in [-0.1, -0.05) is 28.1 Å². The molecule has 0 aliphatic rings. The number of amides is 1. The Hall–Kier alpha value is -2.41. The van der Waals surface area contributed by atoms with Crippen LogP contribution in [-0.2, 0) is 4.79 Å². The van der Waals surface area contributed by atoms with Gasteiger partial charge in [0.25, 0.3) is 5.56 Å². The molecule has 1 heterocycles. The molecule has 0 fully saturated rings. The molecular weight excluding hydrogens is 326 g/mol. The van der Waals surface area contributed by atoms with Gasteiger partial charge in [0.1, 0.15) is 5.69 Å². The van der Waals surface area contributed by atoms with E-state index in [0.29, 0.717) is 0 Å². The monoisotopic (exact) mass is 335 g/mol. The van der Waals surface area contributed by atoms with Crippen LogP contribution in [0.5, 0.6) is 0 Å². The molecule has 7 heteroatoms. The Kier molecular flexibility index (Phi) is 4.31. The zero-order chi connectivity index (χ0) is 14.5. The number of nitrogens with one attached hydrogen (secondary N) is 3. The summed E-state index contributed by atoms with van der Waals surface area (Å²) in [5.74, 6) is -0.467. The number of aromatic amines is 2. The van der Waals surface area contributed by atoms with Crippen LogP contribution in [0.25, 0.3) is 6.08 Å². The zero-order valence-electron chi connectivity index (χ0n) is 10.1. The van der Waals surface area contributed by atoms with Crippen molar-refractivity contribution in [2.45, 2.75) is 0 Å². The summed E-state index contributed by atoms with van der Waals surface area (Å²) in [6.07, 6.45) is 4.06. The van der Waals surface area contributed by atoms with Gasteiger partial charge in [0.2, 0.25) is 5.91 Å². The van der Waals surface area contributed by atoms with Crippen molar-refractivity contribution < 1.29 is 4.79 Å². The molecular formula is C13H10BrN3O3. The minimum Gasteiger partial charge on any atom is -0.317 e. The summed E-state index contributed by atoms with van der Waals surface area (Å²) in [6.45, 7) is 0. The van der Waals surface area contributed by atoms with Crippen LogP contribution >= 0.6 is 15.9 Å². The molecule has 0 atom stereocenters. The highest BCUT2D eigenvalue weighted by Crippen LogP contribution is 2.11. The Morgan fingerprint density at radius 2 is 1.90 bits per heavy atom. The summed E-state index contributed by atoms with van der Waals surface area (Å²) in [6, 6.07) is 7.37. The van der Waals surface area contributed by atoms with Gasteiger partial charge in [-0.15, -0.1) is 0 Å². The van der Waals surface area contributed by atoms with E-state index in [2.05, 4.69) is 26.2 Å². The third-order valence-corrected chi connectivity index (χ3v) is 2.90.